The van der Waals surface area contributed by atoms with Gasteiger partial charge in [0.15, 0.2) is 9.84 Å². The summed E-state index contributed by atoms with van der Waals surface area (Å²) in [5.74, 6) is -0.308. The average Bonchev–Trinajstić information content (AvgIpc) is 2.84. The summed E-state index contributed by atoms with van der Waals surface area (Å²) in [6, 6.07) is 9.33. The summed E-state index contributed by atoms with van der Waals surface area (Å²) in [5, 5.41) is 5.26. The molecule has 1 unspecified atom stereocenters. The number of carbonyl (C=O) groups excluding carboxylic acids is 1. The standard InChI is InChI=1S/C16H20N2O4S/c1-11-15(12(2)22-18-11)10-23(20,21)13(3)16(19)17-9-14-7-5-4-6-8-14/h4-8,13H,9-10H2,1-3H3,(H,17,19). The molecule has 0 aliphatic heterocycles. The van der Waals surface area contributed by atoms with Crippen LogP contribution in [0.15, 0.2) is 34.9 Å². The first-order valence-electron chi connectivity index (χ1n) is 7.26. The average molecular weight is 336 g/mol. The number of carbonyl (C=O) groups is 1. The van der Waals surface area contributed by atoms with Gasteiger partial charge in [0, 0.05) is 12.1 Å². The predicted octanol–water partition coefficient (Wildman–Crippen LogP) is 1.91. The number of aryl methyl sites for hydroxylation is 2. The Morgan fingerprint density at radius 3 is 2.48 bits per heavy atom. The quantitative estimate of drug-likeness (QED) is 0.870. The molecule has 0 aliphatic carbocycles. The van der Waals surface area contributed by atoms with Crippen LogP contribution >= 0.6 is 0 Å². The van der Waals surface area contributed by atoms with Crippen molar-refractivity contribution in [2.75, 3.05) is 0 Å². The molecule has 2 aromatic rings. The molecule has 0 bridgehead atoms. The molecular formula is C16H20N2O4S. The summed E-state index contributed by atoms with van der Waals surface area (Å²) in [7, 11) is -3.64. The molecule has 23 heavy (non-hydrogen) atoms. The van der Waals surface area contributed by atoms with Gasteiger partial charge in [0.25, 0.3) is 0 Å². The molecule has 0 radical (unpaired) electrons. The Kier molecular flexibility index (Phi) is 5.20. The van der Waals surface area contributed by atoms with Crippen molar-refractivity contribution in [3.8, 4) is 0 Å². The van der Waals surface area contributed by atoms with E-state index in [1.807, 2.05) is 30.3 Å². The van der Waals surface area contributed by atoms with E-state index < -0.39 is 21.0 Å². The number of hydrogen-bond acceptors (Lipinski definition) is 5. The summed E-state index contributed by atoms with van der Waals surface area (Å²) in [5.41, 5.74) is 1.96. The molecule has 1 N–H and O–H groups in total. The van der Waals surface area contributed by atoms with Crippen LogP contribution in [0.4, 0.5) is 0 Å². The molecule has 0 fully saturated rings. The zero-order valence-electron chi connectivity index (χ0n) is 13.4. The number of rotatable bonds is 6. The van der Waals surface area contributed by atoms with Gasteiger partial charge in [0.05, 0.1) is 11.4 Å². The van der Waals surface area contributed by atoms with Crippen LogP contribution in [0.2, 0.25) is 0 Å². The predicted molar refractivity (Wildman–Crippen MR) is 86.4 cm³/mol. The summed E-state index contributed by atoms with van der Waals surface area (Å²) in [6.45, 7) is 5.03. The Morgan fingerprint density at radius 1 is 1.26 bits per heavy atom. The van der Waals surface area contributed by atoms with Crippen LogP contribution in [0.3, 0.4) is 0 Å². The van der Waals surface area contributed by atoms with E-state index in [0.29, 0.717) is 23.6 Å². The molecule has 0 saturated heterocycles. The Morgan fingerprint density at radius 2 is 1.91 bits per heavy atom. The zero-order valence-corrected chi connectivity index (χ0v) is 14.2. The van der Waals surface area contributed by atoms with Gasteiger partial charge in [0.1, 0.15) is 11.0 Å². The SMILES string of the molecule is Cc1noc(C)c1CS(=O)(=O)C(C)C(=O)NCc1ccccc1. The smallest absolute Gasteiger partial charge is 0.238 e. The Bertz CT molecular complexity index is 762. The van der Waals surface area contributed by atoms with Gasteiger partial charge in [-0.15, -0.1) is 0 Å². The van der Waals surface area contributed by atoms with Crippen molar-refractivity contribution in [2.45, 2.75) is 38.3 Å². The van der Waals surface area contributed by atoms with Crippen molar-refractivity contribution in [3.05, 3.63) is 52.9 Å². The van der Waals surface area contributed by atoms with Gasteiger partial charge < -0.3 is 9.84 Å². The van der Waals surface area contributed by atoms with E-state index in [1.165, 1.54) is 6.92 Å². The largest absolute Gasteiger partial charge is 0.361 e. The van der Waals surface area contributed by atoms with Gasteiger partial charge in [-0.25, -0.2) is 8.42 Å². The minimum Gasteiger partial charge on any atom is -0.361 e. The topological polar surface area (TPSA) is 89.3 Å². The van der Waals surface area contributed by atoms with E-state index in [2.05, 4.69) is 10.5 Å². The lowest BCUT2D eigenvalue weighted by Crippen LogP contribution is -2.38. The summed E-state index contributed by atoms with van der Waals surface area (Å²) >= 11 is 0. The Hall–Kier alpha value is -2.15. The number of aromatic nitrogens is 1. The van der Waals surface area contributed by atoms with Crippen LogP contribution in [0, 0.1) is 13.8 Å². The second-order valence-electron chi connectivity index (χ2n) is 5.46. The number of amides is 1. The summed E-state index contributed by atoms with van der Waals surface area (Å²) < 4.78 is 29.8. The molecule has 7 heteroatoms. The lowest BCUT2D eigenvalue weighted by molar-refractivity contribution is -0.120. The van der Waals surface area contributed by atoms with Crippen LogP contribution in [0.1, 0.15) is 29.5 Å². The number of benzene rings is 1. The fourth-order valence-corrected chi connectivity index (χ4v) is 3.60. The molecule has 124 valence electrons. The monoisotopic (exact) mass is 336 g/mol. The van der Waals surface area contributed by atoms with Crippen molar-refractivity contribution < 1.29 is 17.7 Å². The van der Waals surface area contributed by atoms with Gasteiger partial charge in [0.2, 0.25) is 5.91 Å². The van der Waals surface area contributed by atoms with Gasteiger partial charge in [-0.1, -0.05) is 35.5 Å². The fraction of sp³-hybridized carbons (Fsp3) is 0.375. The molecule has 1 aromatic heterocycles. The summed E-state index contributed by atoms with van der Waals surface area (Å²) in [6.07, 6.45) is 0. The molecule has 6 nitrogen and oxygen atoms in total. The van der Waals surface area contributed by atoms with Gasteiger partial charge in [-0.2, -0.15) is 0 Å². The third kappa shape index (κ3) is 4.19. The maximum absolute atomic E-state index is 12.4. The molecular weight excluding hydrogens is 316 g/mol. The first-order chi connectivity index (χ1) is 10.8. The van der Waals surface area contributed by atoms with Gasteiger partial charge in [-0.3, -0.25) is 4.79 Å². The van der Waals surface area contributed by atoms with E-state index in [9.17, 15) is 13.2 Å². The molecule has 1 atom stereocenters. The number of nitrogens with zero attached hydrogens (tertiary/aromatic N) is 1. The lowest BCUT2D eigenvalue weighted by atomic mass is 10.2. The molecule has 0 saturated carbocycles. The second-order valence-corrected chi connectivity index (χ2v) is 7.78. The van der Waals surface area contributed by atoms with E-state index in [1.54, 1.807) is 13.8 Å². The Balaban J connectivity index is 2.03. The fourth-order valence-electron chi connectivity index (χ4n) is 2.13. The third-order valence-corrected chi connectivity index (χ3v) is 5.73. The first-order valence-corrected chi connectivity index (χ1v) is 8.97. The van der Waals surface area contributed by atoms with Crippen LogP contribution in [0.5, 0.6) is 0 Å². The van der Waals surface area contributed by atoms with Crippen LogP contribution in [-0.4, -0.2) is 24.7 Å². The van der Waals surface area contributed by atoms with Crippen molar-refractivity contribution in [3.63, 3.8) is 0 Å². The molecule has 1 heterocycles. The summed E-state index contributed by atoms with van der Waals surface area (Å²) in [4.78, 5) is 12.1. The van der Waals surface area contributed by atoms with Crippen molar-refractivity contribution in [2.24, 2.45) is 0 Å². The first kappa shape index (κ1) is 17.2. The molecule has 1 aromatic carbocycles. The van der Waals surface area contributed by atoms with E-state index in [-0.39, 0.29) is 5.75 Å². The van der Waals surface area contributed by atoms with Gasteiger partial charge >= 0.3 is 0 Å². The van der Waals surface area contributed by atoms with Crippen molar-refractivity contribution in [1.29, 1.82) is 0 Å². The molecule has 0 aliphatic rings. The van der Waals surface area contributed by atoms with E-state index >= 15 is 0 Å². The highest BCUT2D eigenvalue weighted by Gasteiger charge is 2.30. The van der Waals surface area contributed by atoms with Crippen molar-refractivity contribution >= 4 is 15.7 Å². The molecule has 0 spiro atoms. The molecule has 1 amide bonds. The second kappa shape index (κ2) is 6.95. The minimum absolute atomic E-state index is 0.256. The number of hydrogen-bond donors (Lipinski definition) is 1. The van der Waals surface area contributed by atoms with E-state index in [4.69, 9.17) is 4.52 Å². The molecule has 2 rings (SSSR count). The normalized spacial score (nSPS) is 12.8. The minimum atomic E-state index is -3.64. The third-order valence-electron chi connectivity index (χ3n) is 3.74. The Labute approximate surface area is 135 Å². The maximum Gasteiger partial charge on any atom is 0.238 e. The number of sulfone groups is 1. The van der Waals surface area contributed by atoms with Crippen molar-refractivity contribution in [1.82, 2.24) is 10.5 Å². The van der Waals surface area contributed by atoms with Crippen LogP contribution < -0.4 is 5.32 Å². The van der Waals surface area contributed by atoms with Gasteiger partial charge in [-0.05, 0) is 26.3 Å². The lowest BCUT2D eigenvalue weighted by Gasteiger charge is -2.13. The highest BCUT2D eigenvalue weighted by atomic mass is 32.2. The maximum atomic E-state index is 12.4. The van der Waals surface area contributed by atoms with Crippen LogP contribution in [0.25, 0.3) is 0 Å². The van der Waals surface area contributed by atoms with Crippen LogP contribution in [-0.2, 0) is 26.9 Å². The zero-order chi connectivity index (χ0) is 17.0. The highest BCUT2D eigenvalue weighted by Crippen LogP contribution is 2.18. The highest BCUT2D eigenvalue weighted by molar-refractivity contribution is 7.92. The number of nitrogens with one attached hydrogen (secondary N) is 1. The van der Waals surface area contributed by atoms with E-state index in [0.717, 1.165) is 5.56 Å².